The summed E-state index contributed by atoms with van der Waals surface area (Å²) < 4.78 is 5.74. The summed E-state index contributed by atoms with van der Waals surface area (Å²) in [6.45, 7) is 2.40. The van der Waals surface area contributed by atoms with Crippen LogP contribution in [-0.2, 0) is 14.3 Å². The maximum absolute atomic E-state index is 11.5. The summed E-state index contributed by atoms with van der Waals surface area (Å²) in [6.07, 6.45) is 3.07. The third kappa shape index (κ3) is 2.04. The number of carbonyl (C=O) groups excluding carboxylic acids is 1. The minimum atomic E-state index is -0.885. The van der Waals surface area contributed by atoms with Crippen molar-refractivity contribution < 1.29 is 19.4 Å². The van der Waals surface area contributed by atoms with Gasteiger partial charge in [-0.25, -0.2) is 0 Å². The van der Waals surface area contributed by atoms with Crippen molar-refractivity contribution in [2.45, 2.75) is 44.2 Å². The Labute approximate surface area is 94.4 Å². The summed E-state index contributed by atoms with van der Waals surface area (Å²) >= 11 is 0. The van der Waals surface area contributed by atoms with E-state index in [1.807, 2.05) is 0 Å². The van der Waals surface area contributed by atoms with E-state index in [9.17, 15) is 9.59 Å². The van der Waals surface area contributed by atoms with Crippen molar-refractivity contribution in [3.63, 3.8) is 0 Å². The molecule has 1 amide bonds. The maximum Gasteiger partial charge on any atom is 0.305 e. The molecule has 16 heavy (non-hydrogen) atoms. The number of carboxylic acids is 1. The first-order valence-electron chi connectivity index (χ1n) is 5.65. The van der Waals surface area contributed by atoms with E-state index in [4.69, 9.17) is 9.84 Å². The van der Waals surface area contributed by atoms with Gasteiger partial charge in [-0.05, 0) is 19.3 Å². The smallest absolute Gasteiger partial charge is 0.305 e. The maximum atomic E-state index is 11.5. The molecule has 0 bridgehead atoms. The highest BCUT2D eigenvalue weighted by atomic mass is 16.5. The molecule has 1 unspecified atom stereocenters. The van der Waals surface area contributed by atoms with Gasteiger partial charge in [0.1, 0.15) is 0 Å². The topological polar surface area (TPSA) is 66.8 Å². The Hall–Kier alpha value is -1.10. The minimum Gasteiger partial charge on any atom is -0.481 e. The van der Waals surface area contributed by atoms with Gasteiger partial charge in [0.05, 0.1) is 31.2 Å². The number of hydrogen-bond acceptors (Lipinski definition) is 3. The summed E-state index contributed by atoms with van der Waals surface area (Å²) in [4.78, 5) is 23.8. The van der Waals surface area contributed by atoms with Crippen molar-refractivity contribution in [3.8, 4) is 0 Å². The average molecular weight is 227 g/mol. The molecule has 1 aliphatic heterocycles. The van der Waals surface area contributed by atoms with Crippen LogP contribution in [-0.4, -0.2) is 46.7 Å². The Kier molecular flexibility index (Phi) is 2.88. The molecule has 0 aromatic carbocycles. The molecule has 1 saturated carbocycles. The number of ether oxygens (including phenoxy) is 1. The van der Waals surface area contributed by atoms with Crippen LogP contribution in [0.15, 0.2) is 0 Å². The fraction of sp³-hybridized carbons (Fsp3) is 0.818. The Morgan fingerprint density at radius 1 is 1.50 bits per heavy atom. The van der Waals surface area contributed by atoms with Gasteiger partial charge in [-0.1, -0.05) is 0 Å². The predicted octanol–water partition coefficient (Wildman–Crippen LogP) is 0.631. The van der Waals surface area contributed by atoms with Crippen LogP contribution in [0.3, 0.4) is 0 Å². The van der Waals surface area contributed by atoms with E-state index in [0.717, 1.165) is 19.3 Å². The zero-order valence-corrected chi connectivity index (χ0v) is 9.44. The van der Waals surface area contributed by atoms with Crippen LogP contribution >= 0.6 is 0 Å². The molecule has 0 aromatic rings. The van der Waals surface area contributed by atoms with E-state index in [1.165, 1.54) is 6.92 Å². The fourth-order valence-corrected chi connectivity index (χ4v) is 2.46. The fourth-order valence-electron chi connectivity index (χ4n) is 2.46. The molecule has 90 valence electrons. The van der Waals surface area contributed by atoms with Gasteiger partial charge in [0.25, 0.3) is 0 Å². The van der Waals surface area contributed by atoms with Crippen LogP contribution in [0.4, 0.5) is 0 Å². The molecule has 0 aromatic heterocycles. The molecule has 1 N–H and O–H groups in total. The van der Waals surface area contributed by atoms with E-state index in [1.54, 1.807) is 4.90 Å². The monoisotopic (exact) mass is 227 g/mol. The number of rotatable bonds is 2. The lowest BCUT2D eigenvalue weighted by Gasteiger charge is -2.51. The highest BCUT2D eigenvalue weighted by Gasteiger charge is 2.46. The highest BCUT2D eigenvalue weighted by molar-refractivity contribution is 5.75. The molecular weight excluding hydrogens is 210 g/mol. The van der Waals surface area contributed by atoms with Gasteiger partial charge in [-0.2, -0.15) is 0 Å². The molecule has 0 radical (unpaired) electrons. The Bertz CT molecular complexity index is 311. The van der Waals surface area contributed by atoms with Crippen molar-refractivity contribution in [2.75, 3.05) is 13.2 Å². The van der Waals surface area contributed by atoms with Gasteiger partial charge in [-0.15, -0.1) is 0 Å². The first-order chi connectivity index (χ1) is 7.52. The summed E-state index contributed by atoms with van der Waals surface area (Å²) in [6, 6.07) is -0.304. The van der Waals surface area contributed by atoms with Crippen molar-refractivity contribution >= 4 is 11.9 Å². The van der Waals surface area contributed by atoms with Crippen molar-refractivity contribution in [1.82, 2.24) is 4.90 Å². The molecule has 5 heteroatoms. The van der Waals surface area contributed by atoms with Gasteiger partial charge in [0.15, 0.2) is 0 Å². The zero-order valence-electron chi connectivity index (χ0n) is 9.44. The lowest BCUT2D eigenvalue weighted by Crippen LogP contribution is -2.61. The number of carbonyl (C=O) groups is 2. The van der Waals surface area contributed by atoms with Crippen molar-refractivity contribution in [1.29, 1.82) is 0 Å². The Morgan fingerprint density at radius 3 is 2.62 bits per heavy atom. The van der Waals surface area contributed by atoms with Crippen LogP contribution < -0.4 is 0 Å². The van der Waals surface area contributed by atoms with E-state index in [-0.39, 0.29) is 24.0 Å². The molecule has 2 aliphatic rings. The Morgan fingerprint density at radius 2 is 2.19 bits per heavy atom. The first-order valence-corrected chi connectivity index (χ1v) is 5.65. The second-order valence-corrected chi connectivity index (χ2v) is 4.75. The summed E-state index contributed by atoms with van der Waals surface area (Å²) in [5, 5.41) is 8.77. The molecule has 5 nitrogen and oxygen atoms in total. The normalized spacial score (nSPS) is 27.6. The van der Waals surface area contributed by atoms with Gasteiger partial charge < -0.3 is 14.7 Å². The molecule has 1 heterocycles. The third-order valence-electron chi connectivity index (χ3n) is 3.56. The van der Waals surface area contributed by atoms with Gasteiger partial charge in [0.2, 0.25) is 5.91 Å². The number of nitrogens with zero attached hydrogens (tertiary/aromatic N) is 1. The van der Waals surface area contributed by atoms with E-state index < -0.39 is 5.97 Å². The second-order valence-electron chi connectivity index (χ2n) is 4.75. The van der Waals surface area contributed by atoms with Crippen molar-refractivity contribution in [3.05, 3.63) is 0 Å². The van der Waals surface area contributed by atoms with E-state index in [0.29, 0.717) is 13.2 Å². The lowest BCUT2D eigenvalue weighted by molar-refractivity contribution is -0.183. The SMILES string of the molecule is CC(=O)N1CC2(CCC2)OCC1CC(=O)O. The standard InChI is InChI=1S/C11H17NO4/c1-8(13)12-7-11(3-2-4-11)16-6-9(12)5-10(14)15/h9H,2-7H2,1H3,(H,14,15). The predicted molar refractivity (Wildman–Crippen MR) is 56.0 cm³/mol. The van der Waals surface area contributed by atoms with Gasteiger partial charge >= 0.3 is 5.97 Å². The van der Waals surface area contributed by atoms with Crippen LogP contribution in [0.2, 0.25) is 0 Å². The Balaban J connectivity index is 2.04. The molecule has 1 aliphatic carbocycles. The molecule has 1 spiro atoms. The van der Waals surface area contributed by atoms with E-state index in [2.05, 4.69) is 0 Å². The number of amides is 1. The van der Waals surface area contributed by atoms with Crippen LogP contribution in [0.5, 0.6) is 0 Å². The van der Waals surface area contributed by atoms with Crippen LogP contribution in [0.1, 0.15) is 32.6 Å². The lowest BCUT2D eigenvalue weighted by atomic mass is 9.78. The molecular formula is C11H17NO4. The second kappa shape index (κ2) is 4.05. The average Bonchev–Trinajstić information content (AvgIpc) is 2.14. The molecule has 2 rings (SSSR count). The number of aliphatic carboxylic acids is 1. The van der Waals surface area contributed by atoms with Gasteiger partial charge in [-0.3, -0.25) is 9.59 Å². The van der Waals surface area contributed by atoms with Crippen LogP contribution in [0.25, 0.3) is 0 Å². The number of hydrogen-bond donors (Lipinski definition) is 1. The highest BCUT2D eigenvalue weighted by Crippen LogP contribution is 2.39. The number of morpholine rings is 1. The van der Waals surface area contributed by atoms with Crippen LogP contribution in [0, 0.1) is 0 Å². The first kappa shape index (κ1) is 11.4. The quantitative estimate of drug-likeness (QED) is 0.751. The number of carboxylic acid groups (broad SMARTS) is 1. The molecule has 1 saturated heterocycles. The summed E-state index contributed by atoms with van der Waals surface area (Å²) in [5.41, 5.74) is -0.166. The summed E-state index contributed by atoms with van der Waals surface area (Å²) in [5.74, 6) is -0.940. The third-order valence-corrected chi connectivity index (χ3v) is 3.56. The minimum absolute atomic E-state index is 0.0321. The van der Waals surface area contributed by atoms with E-state index >= 15 is 0 Å². The largest absolute Gasteiger partial charge is 0.481 e. The molecule has 1 atom stereocenters. The van der Waals surface area contributed by atoms with Gasteiger partial charge in [0, 0.05) is 6.92 Å². The molecule has 2 fully saturated rings. The summed E-state index contributed by atoms with van der Waals surface area (Å²) in [7, 11) is 0. The zero-order chi connectivity index (χ0) is 11.8. The van der Waals surface area contributed by atoms with Crippen molar-refractivity contribution in [2.24, 2.45) is 0 Å².